The molecule has 2 unspecified atom stereocenters. The molecule has 0 aliphatic rings. The monoisotopic (exact) mass is 300 g/mol. The van der Waals surface area contributed by atoms with Crippen LogP contribution in [0.4, 0.5) is 0 Å². The van der Waals surface area contributed by atoms with Gasteiger partial charge >= 0.3 is 0 Å². The van der Waals surface area contributed by atoms with Crippen LogP contribution in [0.2, 0.25) is 0 Å². The highest BCUT2D eigenvalue weighted by molar-refractivity contribution is 9.09. The molecular weight excluding hydrogens is 284 g/mol. The standard InChI is InChI=1S/C14H18BrCl/c1-2-6-13(11-16)14(15)10-9-12-7-4-3-5-8-12/h3-5,7-10,13-14H,2,6,11H2,1H3/b10-9+. The van der Waals surface area contributed by atoms with Crippen LogP contribution in [0.15, 0.2) is 36.4 Å². The van der Waals surface area contributed by atoms with Gasteiger partial charge in [-0.2, -0.15) is 0 Å². The Bertz CT molecular complexity index is 308. The summed E-state index contributed by atoms with van der Waals surface area (Å²) in [6.45, 7) is 2.19. The van der Waals surface area contributed by atoms with Crippen LogP contribution in [0, 0.1) is 5.92 Å². The Morgan fingerprint density at radius 1 is 1.31 bits per heavy atom. The van der Waals surface area contributed by atoms with Gasteiger partial charge in [-0.1, -0.05) is 71.8 Å². The fraction of sp³-hybridized carbons (Fsp3) is 0.429. The van der Waals surface area contributed by atoms with Gasteiger partial charge in [-0.05, 0) is 17.9 Å². The van der Waals surface area contributed by atoms with Gasteiger partial charge in [-0.15, -0.1) is 11.6 Å². The number of alkyl halides is 2. The van der Waals surface area contributed by atoms with Gasteiger partial charge in [0.1, 0.15) is 0 Å². The summed E-state index contributed by atoms with van der Waals surface area (Å²) in [5, 5.41) is 0. The summed E-state index contributed by atoms with van der Waals surface area (Å²) in [7, 11) is 0. The second-order valence-corrected chi connectivity index (χ2v) is 5.28. The minimum Gasteiger partial charge on any atom is -0.126 e. The number of rotatable bonds is 6. The molecule has 0 saturated carbocycles. The van der Waals surface area contributed by atoms with Crippen LogP contribution in [-0.2, 0) is 0 Å². The van der Waals surface area contributed by atoms with Gasteiger partial charge in [0.25, 0.3) is 0 Å². The highest BCUT2D eigenvalue weighted by Crippen LogP contribution is 2.22. The molecule has 0 saturated heterocycles. The second kappa shape index (κ2) is 7.92. The van der Waals surface area contributed by atoms with Crippen molar-refractivity contribution >= 4 is 33.6 Å². The van der Waals surface area contributed by atoms with E-state index in [0.29, 0.717) is 16.6 Å². The Hall–Kier alpha value is -0.270. The normalized spacial score (nSPS) is 15.2. The van der Waals surface area contributed by atoms with Crippen LogP contribution in [-0.4, -0.2) is 10.7 Å². The van der Waals surface area contributed by atoms with Crippen molar-refractivity contribution in [1.82, 2.24) is 0 Å². The minimum absolute atomic E-state index is 0.366. The first kappa shape index (κ1) is 13.8. The predicted octanol–water partition coefficient (Wildman–Crippen LogP) is 5.12. The topological polar surface area (TPSA) is 0 Å². The Labute approximate surface area is 112 Å². The van der Waals surface area contributed by atoms with Crippen molar-refractivity contribution in [2.24, 2.45) is 5.92 Å². The van der Waals surface area contributed by atoms with E-state index >= 15 is 0 Å². The zero-order valence-electron chi connectivity index (χ0n) is 9.57. The van der Waals surface area contributed by atoms with Crippen LogP contribution in [0.1, 0.15) is 25.3 Å². The third kappa shape index (κ3) is 4.71. The predicted molar refractivity (Wildman–Crippen MR) is 77.3 cm³/mol. The molecule has 0 spiro atoms. The van der Waals surface area contributed by atoms with Gasteiger partial charge in [0.05, 0.1) is 0 Å². The SMILES string of the molecule is CCCC(CCl)C(Br)/C=C/c1ccccc1. The summed E-state index contributed by atoms with van der Waals surface area (Å²) in [5.74, 6) is 1.23. The summed E-state index contributed by atoms with van der Waals surface area (Å²) < 4.78 is 0. The van der Waals surface area contributed by atoms with Gasteiger partial charge in [-0.25, -0.2) is 0 Å². The summed E-state index contributed by atoms with van der Waals surface area (Å²) in [5.41, 5.74) is 1.23. The average Bonchev–Trinajstić information content (AvgIpc) is 2.34. The summed E-state index contributed by atoms with van der Waals surface area (Å²) >= 11 is 9.65. The minimum atomic E-state index is 0.366. The molecule has 0 aliphatic carbocycles. The second-order valence-electron chi connectivity index (χ2n) is 3.92. The molecular formula is C14H18BrCl. The van der Waals surface area contributed by atoms with E-state index in [4.69, 9.17) is 11.6 Å². The van der Waals surface area contributed by atoms with E-state index in [1.807, 2.05) is 18.2 Å². The molecule has 0 fully saturated rings. The van der Waals surface area contributed by atoms with E-state index in [1.165, 1.54) is 18.4 Å². The number of benzene rings is 1. The molecule has 0 aliphatic heterocycles. The lowest BCUT2D eigenvalue weighted by Crippen LogP contribution is -2.13. The first-order valence-electron chi connectivity index (χ1n) is 5.71. The fourth-order valence-corrected chi connectivity index (χ4v) is 2.78. The lowest BCUT2D eigenvalue weighted by atomic mass is 10.0. The molecule has 0 aromatic heterocycles. The Morgan fingerprint density at radius 3 is 2.56 bits per heavy atom. The summed E-state index contributed by atoms with van der Waals surface area (Å²) in [6.07, 6.45) is 6.68. The van der Waals surface area contributed by atoms with Gasteiger partial charge in [0, 0.05) is 10.7 Å². The maximum Gasteiger partial charge on any atom is 0.0368 e. The first-order valence-corrected chi connectivity index (χ1v) is 7.16. The van der Waals surface area contributed by atoms with Crippen molar-refractivity contribution in [3.05, 3.63) is 42.0 Å². The van der Waals surface area contributed by atoms with Crippen molar-refractivity contribution in [2.75, 3.05) is 5.88 Å². The van der Waals surface area contributed by atoms with Crippen LogP contribution in [0.5, 0.6) is 0 Å². The zero-order valence-corrected chi connectivity index (χ0v) is 11.9. The molecule has 1 aromatic carbocycles. The maximum absolute atomic E-state index is 5.96. The molecule has 2 heteroatoms. The first-order chi connectivity index (χ1) is 7.77. The maximum atomic E-state index is 5.96. The molecule has 0 amide bonds. The van der Waals surface area contributed by atoms with E-state index in [0.717, 1.165) is 0 Å². The third-order valence-electron chi connectivity index (χ3n) is 2.58. The highest BCUT2D eigenvalue weighted by Gasteiger charge is 2.13. The average molecular weight is 302 g/mol. The molecule has 0 bridgehead atoms. The highest BCUT2D eigenvalue weighted by atomic mass is 79.9. The molecule has 0 nitrogen and oxygen atoms in total. The van der Waals surface area contributed by atoms with Gasteiger partial charge in [0.15, 0.2) is 0 Å². The zero-order chi connectivity index (χ0) is 11.8. The van der Waals surface area contributed by atoms with Crippen molar-refractivity contribution in [1.29, 1.82) is 0 Å². The summed E-state index contributed by atoms with van der Waals surface area (Å²) in [6, 6.07) is 10.3. The van der Waals surface area contributed by atoms with E-state index in [1.54, 1.807) is 0 Å². The molecule has 0 N–H and O–H groups in total. The van der Waals surface area contributed by atoms with Crippen LogP contribution < -0.4 is 0 Å². The van der Waals surface area contributed by atoms with Crippen molar-refractivity contribution in [2.45, 2.75) is 24.6 Å². The van der Waals surface area contributed by atoms with Gasteiger partial charge < -0.3 is 0 Å². The van der Waals surface area contributed by atoms with Crippen molar-refractivity contribution in [3.63, 3.8) is 0 Å². The number of allylic oxidation sites excluding steroid dienone is 1. The number of hydrogen-bond acceptors (Lipinski definition) is 0. The molecule has 0 radical (unpaired) electrons. The van der Waals surface area contributed by atoms with Gasteiger partial charge in [0.2, 0.25) is 0 Å². The Morgan fingerprint density at radius 2 is 2.00 bits per heavy atom. The lowest BCUT2D eigenvalue weighted by Gasteiger charge is -2.16. The summed E-state index contributed by atoms with van der Waals surface area (Å²) in [4.78, 5) is 0.366. The Balaban J connectivity index is 2.55. The van der Waals surface area contributed by atoms with E-state index in [-0.39, 0.29) is 0 Å². The Kier molecular flexibility index (Phi) is 6.82. The van der Waals surface area contributed by atoms with Crippen molar-refractivity contribution in [3.8, 4) is 0 Å². The smallest absolute Gasteiger partial charge is 0.0368 e. The molecule has 88 valence electrons. The van der Waals surface area contributed by atoms with E-state index in [9.17, 15) is 0 Å². The number of halogens is 2. The van der Waals surface area contributed by atoms with Crippen LogP contribution >= 0.6 is 27.5 Å². The molecule has 0 heterocycles. The van der Waals surface area contributed by atoms with Crippen molar-refractivity contribution < 1.29 is 0 Å². The van der Waals surface area contributed by atoms with Crippen LogP contribution in [0.25, 0.3) is 6.08 Å². The largest absolute Gasteiger partial charge is 0.126 e. The van der Waals surface area contributed by atoms with E-state index < -0.39 is 0 Å². The molecule has 16 heavy (non-hydrogen) atoms. The molecule has 2 atom stereocenters. The quantitative estimate of drug-likeness (QED) is 0.640. The lowest BCUT2D eigenvalue weighted by molar-refractivity contribution is 0.553. The van der Waals surface area contributed by atoms with Gasteiger partial charge in [-0.3, -0.25) is 0 Å². The fourth-order valence-electron chi connectivity index (χ4n) is 1.62. The molecule has 1 aromatic rings. The third-order valence-corrected chi connectivity index (χ3v) is 4.03. The number of hydrogen-bond donors (Lipinski definition) is 0. The van der Waals surface area contributed by atoms with E-state index in [2.05, 4.69) is 47.1 Å². The molecule has 1 rings (SSSR count). The van der Waals surface area contributed by atoms with Crippen LogP contribution in [0.3, 0.4) is 0 Å².